The van der Waals surface area contributed by atoms with Crippen molar-refractivity contribution >= 4 is 28.3 Å². The van der Waals surface area contributed by atoms with Gasteiger partial charge in [0, 0.05) is 17.6 Å². The topological polar surface area (TPSA) is 15.3 Å². The van der Waals surface area contributed by atoms with Gasteiger partial charge in [-0.2, -0.15) is 0 Å². The predicted molar refractivity (Wildman–Crippen MR) is 85.9 cm³/mol. The number of rotatable bonds is 2. The van der Waals surface area contributed by atoms with Gasteiger partial charge in [0.2, 0.25) is 0 Å². The van der Waals surface area contributed by atoms with Crippen LogP contribution in [-0.4, -0.2) is 31.1 Å². The van der Waals surface area contributed by atoms with Gasteiger partial charge in [-0.25, -0.2) is 0 Å². The van der Waals surface area contributed by atoms with E-state index in [1.165, 1.54) is 48.2 Å². The number of hydrogen-bond donors (Lipinski definition) is 1. The SMILES string of the molecule is Cc1ccc(CN2CCC3CNCC3C2)c(Br)c1.Cl. The lowest BCUT2D eigenvalue weighted by Crippen LogP contribution is -2.39. The van der Waals surface area contributed by atoms with Crippen LogP contribution in [0.4, 0.5) is 0 Å². The highest BCUT2D eigenvalue weighted by atomic mass is 79.9. The molecule has 0 amide bonds. The van der Waals surface area contributed by atoms with Crippen LogP contribution in [0, 0.1) is 18.8 Å². The molecule has 2 heterocycles. The highest BCUT2D eigenvalue weighted by Gasteiger charge is 2.32. The van der Waals surface area contributed by atoms with E-state index >= 15 is 0 Å². The summed E-state index contributed by atoms with van der Waals surface area (Å²) in [7, 11) is 0. The fourth-order valence-corrected chi connectivity index (χ4v) is 3.89. The Balaban J connectivity index is 0.00000133. The third kappa shape index (κ3) is 3.52. The van der Waals surface area contributed by atoms with Crippen molar-refractivity contribution < 1.29 is 0 Å². The number of nitrogens with zero attached hydrogens (tertiary/aromatic N) is 1. The van der Waals surface area contributed by atoms with E-state index < -0.39 is 0 Å². The molecular weight excluding hydrogens is 324 g/mol. The summed E-state index contributed by atoms with van der Waals surface area (Å²) in [5.41, 5.74) is 2.74. The van der Waals surface area contributed by atoms with Gasteiger partial charge in [-0.1, -0.05) is 28.1 Å². The maximum atomic E-state index is 3.69. The van der Waals surface area contributed by atoms with Crippen LogP contribution in [-0.2, 0) is 6.54 Å². The minimum Gasteiger partial charge on any atom is -0.316 e. The highest BCUT2D eigenvalue weighted by molar-refractivity contribution is 9.10. The fourth-order valence-electron chi connectivity index (χ4n) is 3.28. The first-order chi connectivity index (χ1) is 8.72. The lowest BCUT2D eigenvalue weighted by Gasteiger charge is -2.34. The lowest BCUT2D eigenvalue weighted by molar-refractivity contribution is 0.142. The van der Waals surface area contributed by atoms with Crippen LogP contribution in [0.25, 0.3) is 0 Å². The molecule has 0 bridgehead atoms. The molecule has 1 N–H and O–H groups in total. The normalized spacial score (nSPS) is 26.8. The van der Waals surface area contributed by atoms with Gasteiger partial charge in [0.05, 0.1) is 0 Å². The summed E-state index contributed by atoms with van der Waals surface area (Å²) in [6.07, 6.45) is 1.36. The van der Waals surface area contributed by atoms with Crippen LogP contribution in [0.3, 0.4) is 0 Å². The second-order valence-corrected chi connectivity index (χ2v) is 6.65. The minimum absolute atomic E-state index is 0. The molecule has 2 atom stereocenters. The first kappa shape index (κ1) is 15.3. The Bertz CT molecular complexity index is 438. The summed E-state index contributed by atoms with van der Waals surface area (Å²) in [5, 5.41) is 3.53. The van der Waals surface area contributed by atoms with Crippen LogP contribution in [0.15, 0.2) is 22.7 Å². The molecule has 0 aliphatic carbocycles. The van der Waals surface area contributed by atoms with Gasteiger partial charge in [-0.05, 0) is 62.0 Å². The van der Waals surface area contributed by atoms with Gasteiger partial charge in [-0.15, -0.1) is 12.4 Å². The summed E-state index contributed by atoms with van der Waals surface area (Å²) in [6.45, 7) is 8.21. The Hall–Kier alpha value is -0.0900. The minimum atomic E-state index is 0. The van der Waals surface area contributed by atoms with Crippen molar-refractivity contribution in [2.24, 2.45) is 11.8 Å². The van der Waals surface area contributed by atoms with E-state index in [9.17, 15) is 0 Å². The number of halogens is 2. The predicted octanol–water partition coefficient (Wildman–Crippen LogP) is 3.22. The van der Waals surface area contributed by atoms with Gasteiger partial charge in [0.25, 0.3) is 0 Å². The molecule has 3 rings (SSSR count). The Morgan fingerprint density at radius 2 is 2.11 bits per heavy atom. The molecule has 19 heavy (non-hydrogen) atoms. The number of nitrogens with one attached hydrogen (secondary N) is 1. The maximum absolute atomic E-state index is 3.69. The average Bonchev–Trinajstić information content (AvgIpc) is 2.80. The highest BCUT2D eigenvalue weighted by Crippen LogP contribution is 2.28. The Morgan fingerprint density at radius 3 is 2.89 bits per heavy atom. The molecule has 1 aromatic rings. The summed E-state index contributed by atoms with van der Waals surface area (Å²) >= 11 is 3.69. The van der Waals surface area contributed by atoms with Gasteiger partial charge in [0.15, 0.2) is 0 Å². The molecule has 2 nitrogen and oxygen atoms in total. The Morgan fingerprint density at radius 1 is 1.32 bits per heavy atom. The van der Waals surface area contributed by atoms with E-state index in [0.29, 0.717) is 0 Å². The molecule has 2 unspecified atom stereocenters. The number of hydrogen-bond acceptors (Lipinski definition) is 2. The van der Waals surface area contributed by atoms with E-state index in [1.807, 2.05) is 0 Å². The first-order valence-corrected chi connectivity index (χ1v) is 7.70. The van der Waals surface area contributed by atoms with E-state index in [2.05, 4.69) is 51.3 Å². The first-order valence-electron chi connectivity index (χ1n) is 6.90. The Labute approximate surface area is 130 Å². The fraction of sp³-hybridized carbons (Fsp3) is 0.600. The van der Waals surface area contributed by atoms with Gasteiger partial charge >= 0.3 is 0 Å². The van der Waals surface area contributed by atoms with E-state index in [4.69, 9.17) is 0 Å². The van der Waals surface area contributed by atoms with E-state index in [0.717, 1.165) is 18.4 Å². The zero-order valence-electron chi connectivity index (χ0n) is 11.4. The van der Waals surface area contributed by atoms with Crippen molar-refractivity contribution in [2.75, 3.05) is 26.2 Å². The maximum Gasteiger partial charge on any atom is 0.0245 e. The van der Waals surface area contributed by atoms with Gasteiger partial charge < -0.3 is 5.32 Å². The zero-order valence-corrected chi connectivity index (χ0v) is 13.8. The molecular formula is C15H22BrClN2. The molecule has 0 saturated carbocycles. The molecule has 2 saturated heterocycles. The van der Waals surface area contributed by atoms with Crippen molar-refractivity contribution in [1.29, 1.82) is 0 Å². The molecule has 4 heteroatoms. The van der Waals surface area contributed by atoms with Gasteiger partial charge in [-0.3, -0.25) is 4.90 Å². The van der Waals surface area contributed by atoms with Crippen LogP contribution < -0.4 is 5.32 Å². The van der Waals surface area contributed by atoms with Crippen LogP contribution in [0.5, 0.6) is 0 Å². The van der Waals surface area contributed by atoms with Crippen LogP contribution in [0.1, 0.15) is 17.5 Å². The van der Waals surface area contributed by atoms with E-state index in [-0.39, 0.29) is 12.4 Å². The number of fused-ring (bicyclic) bond motifs is 1. The van der Waals surface area contributed by atoms with Crippen molar-refractivity contribution in [1.82, 2.24) is 10.2 Å². The third-order valence-corrected chi connectivity index (χ3v) is 5.13. The molecule has 1 aromatic carbocycles. The number of piperidine rings is 1. The zero-order chi connectivity index (χ0) is 12.5. The lowest BCUT2D eigenvalue weighted by atomic mass is 9.88. The number of benzene rings is 1. The van der Waals surface area contributed by atoms with Gasteiger partial charge in [0.1, 0.15) is 0 Å². The number of aryl methyl sites for hydroxylation is 1. The summed E-state index contributed by atoms with van der Waals surface area (Å²) in [4.78, 5) is 2.61. The van der Waals surface area contributed by atoms with E-state index in [1.54, 1.807) is 0 Å². The monoisotopic (exact) mass is 344 g/mol. The van der Waals surface area contributed by atoms with Crippen molar-refractivity contribution in [2.45, 2.75) is 19.9 Å². The smallest absolute Gasteiger partial charge is 0.0245 e. The molecule has 0 spiro atoms. The van der Waals surface area contributed by atoms with Crippen molar-refractivity contribution in [3.63, 3.8) is 0 Å². The number of likely N-dealkylation sites (tertiary alicyclic amines) is 1. The van der Waals surface area contributed by atoms with Crippen LogP contribution in [0.2, 0.25) is 0 Å². The average molecular weight is 346 g/mol. The molecule has 106 valence electrons. The molecule has 0 aromatic heterocycles. The van der Waals surface area contributed by atoms with Crippen molar-refractivity contribution in [3.05, 3.63) is 33.8 Å². The largest absolute Gasteiger partial charge is 0.316 e. The van der Waals surface area contributed by atoms with Crippen molar-refractivity contribution in [3.8, 4) is 0 Å². The summed E-state index contributed by atoms with van der Waals surface area (Å²) in [6, 6.07) is 6.70. The summed E-state index contributed by atoms with van der Waals surface area (Å²) in [5.74, 6) is 1.81. The van der Waals surface area contributed by atoms with Crippen LogP contribution >= 0.6 is 28.3 Å². The second-order valence-electron chi connectivity index (χ2n) is 5.80. The molecule has 0 radical (unpaired) electrons. The molecule has 2 fully saturated rings. The third-order valence-electron chi connectivity index (χ3n) is 4.39. The molecule has 2 aliphatic heterocycles. The second kappa shape index (κ2) is 6.57. The quantitative estimate of drug-likeness (QED) is 0.885. The summed E-state index contributed by atoms with van der Waals surface area (Å²) < 4.78 is 1.26. The Kier molecular flexibility index (Phi) is 5.29. The molecule has 2 aliphatic rings. The standard InChI is InChI=1S/C15H21BrN2.ClH/c1-11-2-3-13(15(16)6-11)9-18-5-4-12-7-17-8-14(12)10-18;/h2-3,6,12,14,17H,4-5,7-10H2,1H3;1H.